The van der Waals surface area contributed by atoms with Crippen molar-refractivity contribution in [1.82, 2.24) is 5.48 Å². The Morgan fingerprint density at radius 3 is 2.93 bits per heavy atom. The molecule has 0 saturated heterocycles. The van der Waals surface area contributed by atoms with E-state index in [-0.39, 0.29) is 12.6 Å². The number of rotatable bonds is 5. The topological polar surface area (TPSA) is 77.5 Å². The number of furan rings is 1. The molecule has 0 saturated carbocycles. The van der Waals surface area contributed by atoms with Crippen LogP contribution in [0.15, 0.2) is 16.5 Å². The van der Waals surface area contributed by atoms with Crippen molar-refractivity contribution in [3.05, 3.63) is 23.7 Å². The minimum atomic E-state index is -0.514. The predicted molar refractivity (Wildman–Crippen MR) is 50.1 cm³/mol. The van der Waals surface area contributed by atoms with E-state index in [0.717, 1.165) is 11.5 Å². The van der Waals surface area contributed by atoms with Gasteiger partial charge in [-0.2, -0.15) is 5.48 Å². The van der Waals surface area contributed by atoms with Gasteiger partial charge in [0.1, 0.15) is 18.1 Å². The van der Waals surface area contributed by atoms with Crippen LogP contribution in [0, 0.1) is 6.92 Å². The Labute approximate surface area is 82.2 Å². The van der Waals surface area contributed by atoms with Gasteiger partial charge in [0.15, 0.2) is 0 Å². The maximum atomic E-state index is 10.4. The third-order valence-electron chi connectivity index (χ3n) is 1.66. The highest BCUT2D eigenvalue weighted by molar-refractivity contribution is 5.74. The highest BCUT2D eigenvalue weighted by atomic mass is 16.6. The fourth-order valence-electron chi connectivity index (χ4n) is 0.982. The van der Waals surface area contributed by atoms with Gasteiger partial charge in [0.05, 0.1) is 6.04 Å². The molecule has 0 aliphatic rings. The van der Waals surface area contributed by atoms with Gasteiger partial charge in [0.25, 0.3) is 0 Å². The highest BCUT2D eigenvalue weighted by Gasteiger charge is 2.09. The monoisotopic (exact) mass is 198 g/mol. The number of hydrogen-bond donors (Lipinski definition) is 2. The quantitative estimate of drug-likeness (QED) is 0.681. The van der Waals surface area contributed by atoms with E-state index in [1.54, 1.807) is 0 Å². The molecule has 0 bridgehead atoms. The second kappa shape index (κ2) is 4.78. The predicted octanol–water partition coefficient (Wildman–Crippen LogP) is 0.656. The summed E-state index contributed by atoms with van der Waals surface area (Å²) in [6.07, 6.45) is 0. The van der Waals surface area contributed by atoms with E-state index < -0.39 is 5.91 Å². The van der Waals surface area contributed by atoms with Crippen molar-refractivity contribution in [3.8, 4) is 0 Å². The molecule has 0 radical (unpaired) electrons. The first kappa shape index (κ1) is 10.7. The van der Waals surface area contributed by atoms with Crippen molar-refractivity contribution < 1.29 is 14.0 Å². The molecule has 0 aromatic carbocycles. The Morgan fingerprint density at radius 1 is 1.71 bits per heavy atom. The molecule has 1 unspecified atom stereocenters. The lowest BCUT2D eigenvalue weighted by molar-refractivity contribution is -0.126. The Hall–Kier alpha value is -1.33. The van der Waals surface area contributed by atoms with Gasteiger partial charge in [-0.15, -0.1) is 0 Å². The number of carbonyl (C=O) groups is 1. The summed E-state index contributed by atoms with van der Waals surface area (Å²) in [5, 5.41) is 0. The van der Waals surface area contributed by atoms with E-state index >= 15 is 0 Å². The zero-order valence-corrected chi connectivity index (χ0v) is 8.24. The van der Waals surface area contributed by atoms with Gasteiger partial charge < -0.3 is 10.2 Å². The van der Waals surface area contributed by atoms with Crippen LogP contribution < -0.4 is 11.2 Å². The molecule has 5 heteroatoms. The van der Waals surface area contributed by atoms with Crippen molar-refractivity contribution >= 4 is 5.91 Å². The molecule has 5 nitrogen and oxygen atoms in total. The van der Waals surface area contributed by atoms with Crippen LogP contribution in [0.1, 0.15) is 24.5 Å². The number of carbonyl (C=O) groups excluding carboxylic acids is 1. The molecule has 0 aliphatic heterocycles. The summed E-state index contributed by atoms with van der Waals surface area (Å²) in [4.78, 5) is 15.2. The van der Waals surface area contributed by atoms with Crippen molar-refractivity contribution in [2.24, 2.45) is 5.73 Å². The summed E-state index contributed by atoms with van der Waals surface area (Å²) >= 11 is 0. The first-order chi connectivity index (χ1) is 6.59. The van der Waals surface area contributed by atoms with Crippen LogP contribution in [0.25, 0.3) is 0 Å². The molecule has 1 heterocycles. The minimum absolute atomic E-state index is 0.108. The number of nitrogens with one attached hydrogen (secondary N) is 1. The molecule has 78 valence electrons. The largest absolute Gasteiger partial charge is 0.465 e. The molecular weight excluding hydrogens is 184 g/mol. The lowest BCUT2D eigenvalue weighted by atomic mass is 10.3. The van der Waals surface area contributed by atoms with Crippen molar-refractivity contribution in [3.63, 3.8) is 0 Å². The second-order valence-corrected chi connectivity index (χ2v) is 3.04. The van der Waals surface area contributed by atoms with Crippen LogP contribution in [0.2, 0.25) is 0 Å². The van der Waals surface area contributed by atoms with E-state index in [0.29, 0.717) is 0 Å². The zero-order valence-electron chi connectivity index (χ0n) is 8.24. The Bertz CT molecular complexity index is 309. The second-order valence-electron chi connectivity index (χ2n) is 3.04. The van der Waals surface area contributed by atoms with Gasteiger partial charge in [-0.3, -0.25) is 9.63 Å². The Kier molecular flexibility index (Phi) is 3.67. The molecular formula is C9H14N2O3. The summed E-state index contributed by atoms with van der Waals surface area (Å²) in [7, 11) is 0. The summed E-state index contributed by atoms with van der Waals surface area (Å²) in [6, 6.07) is 3.60. The number of aryl methyl sites for hydroxylation is 1. The molecule has 1 atom stereocenters. The van der Waals surface area contributed by atoms with Crippen LogP contribution in [0.4, 0.5) is 0 Å². The minimum Gasteiger partial charge on any atom is -0.465 e. The standard InChI is InChI=1S/C9H14N2O3/c1-6-3-4-8(14-6)7(2)11-13-5-9(10)12/h3-4,7,11H,5H2,1-2H3,(H2,10,12). The zero-order chi connectivity index (χ0) is 10.6. The van der Waals surface area contributed by atoms with Gasteiger partial charge >= 0.3 is 0 Å². The number of amides is 1. The Morgan fingerprint density at radius 2 is 2.43 bits per heavy atom. The fourth-order valence-corrected chi connectivity index (χ4v) is 0.982. The van der Waals surface area contributed by atoms with Crippen LogP contribution in [-0.4, -0.2) is 12.5 Å². The van der Waals surface area contributed by atoms with Crippen molar-refractivity contribution in [2.75, 3.05) is 6.61 Å². The van der Waals surface area contributed by atoms with Crippen LogP contribution >= 0.6 is 0 Å². The number of nitrogens with two attached hydrogens (primary N) is 1. The van der Waals surface area contributed by atoms with Gasteiger partial charge in [-0.25, -0.2) is 0 Å². The molecule has 1 rings (SSSR count). The third kappa shape index (κ3) is 3.20. The third-order valence-corrected chi connectivity index (χ3v) is 1.66. The van der Waals surface area contributed by atoms with Gasteiger partial charge in [0.2, 0.25) is 5.91 Å². The number of hydroxylamine groups is 1. The van der Waals surface area contributed by atoms with E-state index in [1.165, 1.54) is 0 Å². The summed E-state index contributed by atoms with van der Waals surface area (Å²) < 4.78 is 5.34. The summed E-state index contributed by atoms with van der Waals surface area (Å²) in [5.74, 6) is 1.08. The SMILES string of the molecule is Cc1ccc(C(C)NOCC(N)=O)o1. The van der Waals surface area contributed by atoms with Gasteiger partial charge in [-0.05, 0) is 26.0 Å². The van der Waals surface area contributed by atoms with Crippen molar-refractivity contribution in [1.29, 1.82) is 0 Å². The normalized spacial score (nSPS) is 12.7. The van der Waals surface area contributed by atoms with Gasteiger partial charge in [0, 0.05) is 0 Å². The average molecular weight is 198 g/mol. The molecule has 1 aromatic rings. The van der Waals surface area contributed by atoms with E-state index in [4.69, 9.17) is 15.0 Å². The lowest BCUT2D eigenvalue weighted by Crippen LogP contribution is -2.26. The summed E-state index contributed by atoms with van der Waals surface area (Å²) in [6.45, 7) is 3.57. The molecule has 0 aliphatic carbocycles. The average Bonchev–Trinajstić information content (AvgIpc) is 2.51. The van der Waals surface area contributed by atoms with Crippen molar-refractivity contribution in [2.45, 2.75) is 19.9 Å². The first-order valence-corrected chi connectivity index (χ1v) is 4.31. The fraction of sp³-hybridized carbons (Fsp3) is 0.444. The Balaban J connectivity index is 2.35. The number of primary amides is 1. The van der Waals surface area contributed by atoms with E-state index in [9.17, 15) is 4.79 Å². The molecule has 3 N–H and O–H groups in total. The number of hydrogen-bond acceptors (Lipinski definition) is 4. The summed E-state index contributed by atoms with van der Waals surface area (Å²) in [5.41, 5.74) is 7.54. The maximum Gasteiger partial charge on any atom is 0.245 e. The maximum absolute atomic E-state index is 10.4. The van der Waals surface area contributed by atoms with Gasteiger partial charge in [-0.1, -0.05) is 0 Å². The van der Waals surface area contributed by atoms with E-state index in [2.05, 4.69) is 5.48 Å². The lowest BCUT2D eigenvalue weighted by Gasteiger charge is -2.09. The van der Waals surface area contributed by atoms with Crippen LogP contribution in [0.3, 0.4) is 0 Å². The van der Waals surface area contributed by atoms with E-state index in [1.807, 2.05) is 26.0 Å². The van der Waals surface area contributed by atoms with Crippen LogP contribution in [0.5, 0.6) is 0 Å². The molecule has 1 amide bonds. The molecule has 1 aromatic heterocycles. The molecule has 0 spiro atoms. The van der Waals surface area contributed by atoms with Crippen LogP contribution in [-0.2, 0) is 9.63 Å². The smallest absolute Gasteiger partial charge is 0.245 e. The highest BCUT2D eigenvalue weighted by Crippen LogP contribution is 2.14. The molecule has 0 fully saturated rings. The first-order valence-electron chi connectivity index (χ1n) is 4.31. The molecule has 14 heavy (non-hydrogen) atoms.